The molecule has 3 saturated carbocycles. The van der Waals surface area contributed by atoms with E-state index < -0.39 is 5.41 Å². The molecule has 0 bridgehead atoms. The Morgan fingerprint density at radius 2 is 1.80 bits per heavy atom. The first-order chi connectivity index (χ1) is 23.1. The Kier molecular flexibility index (Phi) is 10.1. The highest BCUT2D eigenvalue weighted by Crippen LogP contribution is 2.70. The van der Waals surface area contributed by atoms with Crippen molar-refractivity contribution in [1.29, 1.82) is 0 Å². The van der Waals surface area contributed by atoms with E-state index in [0.29, 0.717) is 40.5 Å². The molecule has 3 fully saturated rings. The number of ether oxygens (including phenoxy) is 1. The van der Waals surface area contributed by atoms with Gasteiger partial charge in [0, 0.05) is 27.8 Å². The Morgan fingerprint density at radius 3 is 2.49 bits per heavy atom. The number of esters is 1. The van der Waals surface area contributed by atoms with Crippen LogP contribution in [0.15, 0.2) is 39.8 Å². The topological polar surface area (TPSA) is 82.3 Å². The van der Waals surface area contributed by atoms with E-state index in [9.17, 15) is 9.59 Å². The number of hydrogen-bond donors (Lipinski definition) is 0. The molecule has 1 aromatic carbocycles. The van der Waals surface area contributed by atoms with Crippen LogP contribution in [0.2, 0.25) is 5.02 Å². The third-order valence-corrected chi connectivity index (χ3v) is 14.4. The maximum absolute atomic E-state index is 12.6. The first kappa shape index (κ1) is 36.3. The Hall–Kier alpha value is -2.47. The van der Waals surface area contributed by atoms with Gasteiger partial charge in [0.05, 0.1) is 12.5 Å². The standard InChI is InChI=1S/C42H59ClN2O4/c1-26(2)31-17-21-42(23-35-44-45-38(49-35)29-9-11-30(43)12-10-29)22-18-33-32(37(31)42)13-14-34-40(7,27(3)15-19-41(33,34)8)20-16-28(4)48-36(47)24-39(5,6)25-46/h9-12,25-28,32-34H,13-24H2,1-8H3. The number of fused-ring (bicyclic) bond motifs is 5. The van der Waals surface area contributed by atoms with Crippen LogP contribution in [-0.2, 0) is 20.7 Å². The molecule has 0 saturated heterocycles. The molecule has 0 amide bonds. The minimum Gasteiger partial charge on any atom is -0.463 e. The van der Waals surface area contributed by atoms with Gasteiger partial charge in [-0.2, -0.15) is 0 Å². The Balaban J connectivity index is 1.21. The summed E-state index contributed by atoms with van der Waals surface area (Å²) >= 11 is 6.13. The molecule has 4 aliphatic carbocycles. The molecule has 0 spiro atoms. The van der Waals surface area contributed by atoms with E-state index in [1.54, 1.807) is 25.0 Å². The maximum Gasteiger partial charge on any atom is 0.307 e. The van der Waals surface area contributed by atoms with Crippen LogP contribution in [0.1, 0.15) is 132 Å². The lowest BCUT2D eigenvalue weighted by molar-refractivity contribution is -0.155. The van der Waals surface area contributed by atoms with Crippen LogP contribution in [0.4, 0.5) is 0 Å². The molecule has 6 nitrogen and oxygen atoms in total. The van der Waals surface area contributed by atoms with Gasteiger partial charge in [-0.1, -0.05) is 71.2 Å². The highest BCUT2D eigenvalue weighted by atomic mass is 35.5. The van der Waals surface area contributed by atoms with E-state index >= 15 is 0 Å². The highest BCUT2D eigenvalue weighted by Gasteiger charge is 2.62. The molecule has 8 unspecified atom stereocenters. The monoisotopic (exact) mass is 690 g/mol. The van der Waals surface area contributed by atoms with Crippen LogP contribution < -0.4 is 0 Å². The maximum atomic E-state index is 12.6. The molecule has 1 heterocycles. The lowest BCUT2D eigenvalue weighted by atomic mass is 9.40. The highest BCUT2D eigenvalue weighted by molar-refractivity contribution is 6.30. The van der Waals surface area contributed by atoms with E-state index in [1.165, 1.54) is 51.4 Å². The van der Waals surface area contributed by atoms with Gasteiger partial charge >= 0.3 is 5.97 Å². The molecule has 1 aromatic heterocycles. The summed E-state index contributed by atoms with van der Waals surface area (Å²) in [4.78, 5) is 24.0. The predicted molar refractivity (Wildman–Crippen MR) is 195 cm³/mol. The van der Waals surface area contributed by atoms with E-state index in [2.05, 4.69) is 44.8 Å². The molecule has 0 radical (unpaired) electrons. The SMILES string of the molecule is CC(CCC1(C)C(C)CCC2(C)C3CCC4(Cc5nnc(-c6ccc(Cl)cc6)o5)CCC(C(C)C)=C4C3CCC12)OC(=O)CC(C)(C)C=O. The lowest BCUT2D eigenvalue weighted by Gasteiger charge is -2.65. The van der Waals surface area contributed by atoms with E-state index in [-0.39, 0.29) is 34.7 Å². The van der Waals surface area contributed by atoms with E-state index in [1.807, 2.05) is 31.2 Å². The van der Waals surface area contributed by atoms with Crippen LogP contribution in [0.3, 0.4) is 0 Å². The smallest absolute Gasteiger partial charge is 0.307 e. The van der Waals surface area contributed by atoms with Crippen LogP contribution in [0.25, 0.3) is 11.5 Å². The van der Waals surface area contributed by atoms with Crippen molar-refractivity contribution in [1.82, 2.24) is 10.2 Å². The fourth-order valence-corrected chi connectivity index (χ4v) is 11.4. The number of rotatable bonds is 11. The molecule has 0 aliphatic heterocycles. The van der Waals surface area contributed by atoms with Crippen LogP contribution >= 0.6 is 11.6 Å². The molecule has 6 rings (SSSR count). The molecule has 7 heteroatoms. The quantitative estimate of drug-likeness (QED) is 0.133. The molecule has 49 heavy (non-hydrogen) atoms. The van der Waals surface area contributed by atoms with E-state index in [4.69, 9.17) is 20.8 Å². The normalized spacial score (nSPS) is 33.5. The van der Waals surface area contributed by atoms with Gasteiger partial charge in [-0.05, 0) is 136 Å². The number of allylic oxidation sites excluding steroid dienone is 2. The third-order valence-electron chi connectivity index (χ3n) is 14.1. The summed E-state index contributed by atoms with van der Waals surface area (Å²) in [6, 6.07) is 7.63. The van der Waals surface area contributed by atoms with Gasteiger partial charge in [0.2, 0.25) is 11.8 Å². The van der Waals surface area contributed by atoms with Gasteiger partial charge < -0.3 is 13.9 Å². The van der Waals surface area contributed by atoms with Crippen LogP contribution in [0.5, 0.6) is 0 Å². The zero-order valence-electron chi connectivity index (χ0n) is 31.2. The average molecular weight is 691 g/mol. The number of hydrogen-bond acceptors (Lipinski definition) is 6. The van der Waals surface area contributed by atoms with Crippen molar-refractivity contribution in [3.05, 3.63) is 46.3 Å². The van der Waals surface area contributed by atoms with Crippen molar-refractivity contribution >= 4 is 23.9 Å². The zero-order valence-corrected chi connectivity index (χ0v) is 32.0. The zero-order chi connectivity index (χ0) is 35.4. The number of carbonyl (C=O) groups is 2. The second kappa shape index (κ2) is 13.6. The number of aldehydes is 1. The van der Waals surface area contributed by atoms with Gasteiger partial charge in [0.25, 0.3) is 0 Å². The lowest BCUT2D eigenvalue weighted by Crippen LogP contribution is -2.57. The summed E-state index contributed by atoms with van der Waals surface area (Å²) in [5.41, 5.74) is 4.28. The third kappa shape index (κ3) is 6.81. The number of halogens is 1. The first-order valence-electron chi connectivity index (χ1n) is 19.1. The van der Waals surface area contributed by atoms with Crippen molar-refractivity contribution in [2.75, 3.05) is 0 Å². The molecule has 8 atom stereocenters. The van der Waals surface area contributed by atoms with E-state index in [0.717, 1.165) is 37.0 Å². The number of nitrogens with zero attached hydrogens (tertiary/aromatic N) is 2. The van der Waals surface area contributed by atoms with Crippen LogP contribution in [0, 0.1) is 51.2 Å². The fourth-order valence-electron chi connectivity index (χ4n) is 11.3. The fraction of sp³-hybridized carbons (Fsp3) is 0.714. The predicted octanol–water partition coefficient (Wildman–Crippen LogP) is 10.9. The summed E-state index contributed by atoms with van der Waals surface area (Å²) in [7, 11) is 0. The molecule has 2 aromatic rings. The summed E-state index contributed by atoms with van der Waals surface area (Å²) in [5.74, 6) is 4.19. The van der Waals surface area contributed by atoms with Gasteiger partial charge in [-0.3, -0.25) is 4.79 Å². The molecular formula is C42H59ClN2O4. The van der Waals surface area contributed by atoms with Crippen molar-refractivity contribution in [2.24, 2.45) is 51.2 Å². The largest absolute Gasteiger partial charge is 0.463 e. The summed E-state index contributed by atoms with van der Waals surface area (Å²) in [5, 5.41) is 9.76. The van der Waals surface area contributed by atoms with Gasteiger partial charge in [-0.15, -0.1) is 10.2 Å². The molecule has 268 valence electrons. The van der Waals surface area contributed by atoms with Gasteiger partial charge in [-0.25, -0.2) is 0 Å². The van der Waals surface area contributed by atoms with Gasteiger partial charge in [0.15, 0.2) is 0 Å². The number of aromatic nitrogens is 2. The second-order valence-corrected chi connectivity index (χ2v) is 18.5. The number of carbonyl (C=O) groups excluding carboxylic acids is 2. The summed E-state index contributed by atoms with van der Waals surface area (Å²) in [6.07, 6.45) is 13.5. The molecule has 4 aliphatic rings. The average Bonchev–Trinajstić information content (AvgIpc) is 3.67. The van der Waals surface area contributed by atoms with Crippen molar-refractivity contribution in [2.45, 2.75) is 139 Å². The minimum atomic E-state index is -0.686. The minimum absolute atomic E-state index is 0.108. The van der Waals surface area contributed by atoms with Crippen molar-refractivity contribution in [3.8, 4) is 11.5 Å². The van der Waals surface area contributed by atoms with Crippen molar-refractivity contribution < 1.29 is 18.7 Å². The number of benzene rings is 1. The molecule has 0 N–H and O–H groups in total. The Morgan fingerprint density at radius 1 is 1.06 bits per heavy atom. The van der Waals surface area contributed by atoms with Gasteiger partial charge in [0.1, 0.15) is 6.29 Å². The van der Waals surface area contributed by atoms with Crippen molar-refractivity contribution in [3.63, 3.8) is 0 Å². The molecular weight excluding hydrogens is 632 g/mol. The summed E-state index contributed by atoms with van der Waals surface area (Å²) < 4.78 is 12.2. The Labute approximate surface area is 299 Å². The van der Waals surface area contributed by atoms with Crippen LogP contribution in [-0.4, -0.2) is 28.6 Å². The summed E-state index contributed by atoms with van der Waals surface area (Å²) in [6.45, 7) is 18.1. The second-order valence-electron chi connectivity index (χ2n) is 18.0. The first-order valence-corrected chi connectivity index (χ1v) is 19.5. The Bertz CT molecular complexity index is 1560.